The Hall–Kier alpha value is -3.09. The molecule has 1 fully saturated rings. The summed E-state index contributed by atoms with van der Waals surface area (Å²) in [7, 11) is 0. The first kappa shape index (κ1) is 19.2. The van der Waals surface area contributed by atoms with Gasteiger partial charge in [-0.15, -0.1) is 0 Å². The highest BCUT2D eigenvalue weighted by Crippen LogP contribution is 2.18. The van der Waals surface area contributed by atoms with Gasteiger partial charge in [-0.25, -0.2) is 4.98 Å². The molecular weight excluding hydrogens is 368 g/mol. The van der Waals surface area contributed by atoms with Crippen molar-refractivity contribution in [2.75, 3.05) is 13.1 Å². The van der Waals surface area contributed by atoms with Crippen LogP contribution >= 0.6 is 0 Å². The Bertz CT molecular complexity index is 969. The van der Waals surface area contributed by atoms with Gasteiger partial charge in [0.2, 0.25) is 5.91 Å². The zero-order chi connectivity index (χ0) is 20.1. The number of carbonyl (C=O) groups excluding carboxylic acids is 2. The summed E-state index contributed by atoms with van der Waals surface area (Å²) in [6.45, 7) is 2.53. The van der Waals surface area contributed by atoms with E-state index in [4.69, 9.17) is 4.42 Å². The number of para-hydroxylation sites is 2. The third kappa shape index (κ3) is 4.50. The standard InChI is InChI=1S/C22H26N4O3/c27-21(25-12-5-1-2-6-13-25)11-14-26-18-9-4-3-8-17(18)24-20(26)16-23-22(28)19-10-7-15-29-19/h3-4,7-10,15H,1-2,5-6,11-14,16H2,(H,23,28). The molecular formula is C22H26N4O3. The lowest BCUT2D eigenvalue weighted by atomic mass is 10.2. The van der Waals surface area contributed by atoms with Crippen LogP contribution in [0.3, 0.4) is 0 Å². The number of benzene rings is 1. The van der Waals surface area contributed by atoms with Crippen LogP contribution in [0.2, 0.25) is 0 Å². The van der Waals surface area contributed by atoms with Crippen LogP contribution in [-0.2, 0) is 17.9 Å². The Balaban J connectivity index is 1.47. The average Bonchev–Trinajstić information content (AvgIpc) is 3.31. The second-order valence-corrected chi connectivity index (χ2v) is 7.37. The SMILES string of the molecule is O=C(NCc1nc2ccccc2n1CCC(=O)N1CCCCCC1)c1ccco1. The molecule has 0 bridgehead atoms. The quantitative estimate of drug-likeness (QED) is 0.695. The lowest BCUT2D eigenvalue weighted by Gasteiger charge is -2.20. The molecule has 1 aliphatic heterocycles. The van der Waals surface area contributed by atoms with Gasteiger partial charge in [0.05, 0.1) is 23.8 Å². The predicted molar refractivity (Wildman–Crippen MR) is 109 cm³/mol. The highest BCUT2D eigenvalue weighted by molar-refractivity contribution is 5.91. The number of likely N-dealkylation sites (tertiary alicyclic amines) is 1. The molecule has 29 heavy (non-hydrogen) atoms. The zero-order valence-electron chi connectivity index (χ0n) is 16.5. The van der Waals surface area contributed by atoms with Crippen molar-refractivity contribution in [2.45, 2.75) is 45.2 Å². The van der Waals surface area contributed by atoms with Gasteiger partial charge in [0.1, 0.15) is 5.82 Å². The van der Waals surface area contributed by atoms with Crippen LogP contribution in [0.1, 0.15) is 48.5 Å². The van der Waals surface area contributed by atoms with Crippen molar-refractivity contribution in [1.29, 1.82) is 0 Å². The van der Waals surface area contributed by atoms with Gasteiger partial charge in [-0.2, -0.15) is 0 Å². The maximum Gasteiger partial charge on any atom is 0.287 e. The molecule has 0 spiro atoms. The number of nitrogens with one attached hydrogen (secondary N) is 1. The van der Waals surface area contributed by atoms with Crippen LogP contribution in [-0.4, -0.2) is 39.4 Å². The highest BCUT2D eigenvalue weighted by atomic mass is 16.3. The van der Waals surface area contributed by atoms with E-state index in [-0.39, 0.29) is 24.1 Å². The second-order valence-electron chi connectivity index (χ2n) is 7.37. The minimum Gasteiger partial charge on any atom is -0.459 e. The average molecular weight is 394 g/mol. The number of nitrogens with zero attached hydrogens (tertiary/aromatic N) is 3. The lowest BCUT2D eigenvalue weighted by molar-refractivity contribution is -0.131. The second kappa shape index (κ2) is 8.94. The number of carbonyl (C=O) groups is 2. The van der Waals surface area contributed by atoms with Gasteiger partial charge in [-0.1, -0.05) is 25.0 Å². The van der Waals surface area contributed by atoms with Gasteiger partial charge < -0.3 is 19.2 Å². The fourth-order valence-corrected chi connectivity index (χ4v) is 3.85. The Kier molecular flexibility index (Phi) is 5.93. The van der Waals surface area contributed by atoms with Gasteiger partial charge in [0.25, 0.3) is 5.91 Å². The maximum absolute atomic E-state index is 12.7. The molecule has 4 rings (SSSR count). The summed E-state index contributed by atoms with van der Waals surface area (Å²) in [5, 5.41) is 2.85. The highest BCUT2D eigenvalue weighted by Gasteiger charge is 2.18. The van der Waals surface area contributed by atoms with Crippen LogP contribution in [0.25, 0.3) is 11.0 Å². The largest absolute Gasteiger partial charge is 0.459 e. The summed E-state index contributed by atoms with van der Waals surface area (Å²) in [5.41, 5.74) is 1.83. The number of amides is 2. The van der Waals surface area contributed by atoms with E-state index < -0.39 is 0 Å². The first-order valence-electron chi connectivity index (χ1n) is 10.3. The topological polar surface area (TPSA) is 80.4 Å². The van der Waals surface area contributed by atoms with E-state index in [2.05, 4.69) is 10.3 Å². The molecule has 2 amide bonds. The van der Waals surface area contributed by atoms with E-state index in [1.165, 1.54) is 19.1 Å². The molecule has 2 aromatic heterocycles. The molecule has 1 aliphatic rings. The molecule has 1 N–H and O–H groups in total. The summed E-state index contributed by atoms with van der Waals surface area (Å²) in [5.74, 6) is 0.906. The summed E-state index contributed by atoms with van der Waals surface area (Å²) < 4.78 is 7.17. The number of furan rings is 1. The van der Waals surface area contributed by atoms with Crippen LogP contribution in [0, 0.1) is 0 Å². The zero-order valence-corrected chi connectivity index (χ0v) is 16.5. The lowest BCUT2D eigenvalue weighted by Crippen LogP contribution is -2.32. The number of aryl methyl sites for hydroxylation is 1. The number of fused-ring (bicyclic) bond motifs is 1. The number of hydrogen-bond acceptors (Lipinski definition) is 4. The van der Waals surface area contributed by atoms with Crippen molar-refractivity contribution in [2.24, 2.45) is 0 Å². The molecule has 7 heteroatoms. The molecule has 1 aromatic carbocycles. The third-order valence-corrected chi connectivity index (χ3v) is 5.39. The molecule has 7 nitrogen and oxygen atoms in total. The molecule has 0 saturated carbocycles. The van der Waals surface area contributed by atoms with Crippen molar-refractivity contribution >= 4 is 22.8 Å². The van der Waals surface area contributed by atoms with Crippen molar-refractivity contribution in [3.05, 3.63) is 54.2 Å². The summed E-state index contributed by atoms with van der Waals surface area (Å²) in [4.78, 5) is 31.6. The van der Waals surface area contributed by atoms with Crippen molar-refractivity contribution in [1.82, 2.24) is 19.8 Å². The van der Waals surface area contributed by atoms with Gasteiger partial charge >= 0.3 is 0 Å². The first-order chi connectivity index (χ1) is 14.2. The Morgan fingerprint density at radius 2 is 1.83 bits per heavy atom. The molecule has 3 heterocycles. The molecule has 1 saturated heterocycles. The summed E-state index contributed by atoms with van der Waals surface area (Å²) >= 11 is 0. The number of rotatable bonds is 6. The van der Waals surface area contributed by atoms with Crippen molar-refractivity contribution in [3.63, 3.8) is 0 Å². The van der Waals surface area contributed by atoms with Crippen LogP contribution in [0.15, 0.2) is 47.1 Å². The van der Waals surface area contributed by atoms with E-state index in [9.17, 15) is 9.59 Å². The Morgan fingerprint density at radius 1 is 1.03 bits per heavy atom. The molecule has 0 aliphatic carbocycles. The third-order valence-electron chi connectivity index (χ3n) is 5.39. The van der Waals surface area contributed by atoms with E-state index in [0.29, 0.717) is 13.0 Å². The van der Waals surface area contributed by atoms with Crippen molar-refractivity contribution in [3.8, 4) is 0 Å². The molecule has 0 unspecified atom stereocenters. The fraction of sp³-hybridized carbons (Fsp3) is 0.409. The minimum absolute atomic E-state index is 0.190. The monoisotopic (exact) mass is 394 g/mol. The van der Waals surface area contributed by atoms with Gasteiger partial charge in [-0.05, 0) is 37.1 Å². The fourth-order valence-electron chi connectivity index (χ4n) is 3.85. The normalized spacial score (nSPS) is 14.7. The Labute approximate surface area is 169 Å². The first-order valence-corrected chi connectivity index (χ1v) is 10.3. The van der Waals surface area contributed by atoms with Crippen molar-refractivity contribution < 1.29 is 14.0 Å². The smallest absolute Gasteiger partial charge is 0.287 e. The van der Waals surface area contributed by atoms with E-state index in [0.717, 1.165) is 42.8 Å². The molecule has 0 radical (unpaired) electrons. The molecule has 152 valence electrons. The van der Waals surface area contributed by atoms with Crippen LogP contribution in [0.4, 0.5) is 0 Å². The number of imidazole rings is 1. The van der Waals surface area contributed by atoms with Gasteiger partial charge in [0, 0.05) is 26.1 Å². The minimum atomic E-state index is -0.283. The summed E-state index contributed by atoms with van der Waals surface area (Å²) in [6.07, 6.45) is 6.48. The van der Waals surface area contributed by atoms with E-state index >= 15 is 0 Å². The van der Waals surface area contributed by atoms with E-state index in [1.54, 1.807) is 12.1 Å². The number of aromatic nitrogens is 2. The van der Waals surface area contributed by atoms with Gasteiger partial charge in [-0.3, -0.25) is 9.59 Å². The maximum atomic E-state index is 12.7. The molecule has 3 aromatic rings. The summed E-state index contributed by atoms with van der Waals surface area (Å²) in [6, 6.07) is 11.1. The predicted octanol–water partition coefficient (Wildman–Crippen LogP) is 3.35. The Morgan fingerprint density at radius 3 is 2.59 bits per heavy atom. The van der Waals surface area contributed by atoms with Gasteiger partial charge in [0.15, 0.2) is 5.76 Å². The van der Waals surface area contributed by atoms with Crippen LogP contribution in [0.5, 0.6) is 0 Å². The number of hydrogen-bond donors (Lipinski definition) is 1. The van der Waals surface area contributed by atoms with Crippen LogP contribution < -0.4 is 5.32 Å². The molecule has 0 atom stereocenters. The van der Waals surface area contributed by atoms with E-state index in [1.807, 2.05) is 33.7 Å².